The van der Waals surface area contributed by atoms with E-state index in [1.54, 1.807) is 0 Å². The molecule has 0 aromatic rings. The van der Waals surface area contributed by atoms with Crippen molar-refractivity contribution >= 4 is 0 Å². The summed E-state index contributed by atoms with van der Waals surface area (Å²) in [5.41, 5.74) is 5.63. The predicted molar refractivity (Wildman–Crippen MR) is 81.4 cm³/mol. The lowest BCUT2D eigenvalue weighted by Crippen LogP contribution is -2.45. The summed E-state index contributed by atoms with van der Waals surface area (Å²) >= 11 is 0. The summed E-state index contributed by atoms with van der Waals surface area (Å²) in [5.74, 6) is 0.935. The van der Waals surface area contributed by atoms with E-state index in [4.69, 9.17) is 5.73 Å². The monoisotopic (exact) mass is 268 g/mol. The molecule has 2 heterocycles. The summed E-state index contributed by atoms with van der Waals surface area (Å²) in [6.45, 7) is 8.23. The van der Waals surface area contributed by atoms with Crippen molar-refractivity contribution in [2.45, 2.75) is 31.7 Å². The zero-order valence-electron chi connectivity index (χ0n) is 12.9. The van der Waals surface area contributed by atoms with Crippen molar-refractivity contribution in [2.75, 3.05) is 59.9 Å². The molecule has 2 saturated heterocycles. The third-order valence-electron chi connectivity index (χ3n) is 5.00. The molecule has 0 radical (unpaired) electrons. The number of likely N-dealkylation sites (tertiary alicyclic amines) is 2. The Kier molecular flexibility index (Phi) is 6.07. The Morgan fingerprint density at radius 3 is 2.47 bits per heavy atom. The molecule has 4 heteroatoms. The zero-order valence-corrected chi connectivity index (χ0v) is 12.9. The molecule has 2 fully saturated rings. The molecule has 0 saturated carbocycles. The smallest absolute Gasteiger partial charge is 0.0117 e. The zero-order chi connectivity index (χ0) is 13.7. The average Bonchev–Trinajstić information content (AvgIpc) is 2.83. The number of hydrogen-bond acceptors (Lipinski definition) is 4. The van der Waals surface area contributed by atoms with E-state index in [1.165, 1.54) is 58.4 Å². The van der Waals surface area contributed by atoms with Crippen LogP contribution in [0.4, 0.5) is 0 Å². The van der Waals surface area contributed by atoms with Gasteiger partial charge in [-0.2, -0.15) is 0 Å². The highest BCUT2D eigenvalue weighted by molar-refractivity contribution is 4.80. The molecule has 19 heavy (non-hydrogen) atoms. The molecular formula is C15H32N4. The van der Waals surface area contributed by atoms with Crippen LogP contribution < -0.4 is 5.73 Å². The minimum absolute atomic E-state index is 0.799. The topological polar surface area (TPSA) is 35.7 Å². The normalized spacial score (nSPS) is 27.5. The number of hydrogen-bond donors (Lipinski definition) is 1. The van der Waals surface area contributed by atoms with E-state index < -0.39 is 0 Å². The molecule has 0 amide bonds. The van der Waals surface area contributed by atoms with Gasteiger partial charge in [0.25, 0.3) is 0 Å². The van der Waals surface area contributed by atoms with Crippen LogP contribution >= 0.6 is 0 Å². The lowest BCUT2D eigenvalue weighted by Gasteiger charge is -2.37. The van der Waals surface area contributed by atoms with Crippen molar-refractivity contribution < 1.29 is 0 Å². The van der Waals surface area contributed by atoms with Crippen LogP contribution in [0, 0.1) is 5.92 Å². The molecule has 2 N–H and O–H groups in total. The summed E-state index contributed by atoms with van der Waals surface area (Å²) < 4.78 is 0. The van der Waals surface area contributed by atoms with Crippen LogP contribution in [0.5, 0.6) is 0 Å². The van der Waals surface area contributed by atoms with E-state index in [9.17, 15) is 0 Å². The van der Waals surface area contributed by atoms with Gasteiger partial charge in [-0.1, -0.05) is 0 Å². The first-order valence-corrected chi connectivity index (χ1v) is 8.00. The average molecular weight is 268 g/mol. The molecule has 1 atom stereocenters. The number of nitrogens with zero attached hydrogens (tertiary/aromatic N) is 3. The largest absolute Gasteiger partial charge is 0.329 e. The summed E-state index contributed by atoms with van der Waals surface area (Å²) in [4.78, 5) is 7.59. The van der Waals surface area contributed by atoms with E-state index in [0.29, 0.717) is 0 Å². The Hall–Kier alpha value is -0.160. The van der Waals surface area contributed by atoms with E-state index in [2.05, 4.69) is 28.8 Å². The quantitative estimate of drug-likeness (QED) is 0.769. The van der Waals surface area contributed by atoms with Crippen molar-refractivity contribution in [3.05, 3.63) is 0 Å². The standard InChI is InChI=1S/C15H32N4/c1-17-8-3-14(13-17)4-9-18(2)15-5-10-19(11-6-15)12-7-16/h14-15H,3-13,16H2,1-2H3. The maximum atomic E-state index is 5.63. The van der Waals surface area contributed by atoms with Gasteiger partial charge in [0.2, 0.25) is 0 Å². The molecule has 0 bridgehead atoms. The Labute approximate surface area is 118 Å². The highest BCUT2D eigenvalue weighted by atomic mass is 15.2. The Bertz CT molecular complexity index is 251. The predicted octanol–water partition coefficient (Wildman–Crippen LogP) is 0.683. The van der Waals surface area contributed by atoms with Crippen LogP contribution in [0.25, 0.3) is 0 Å². The number of rotatable bonds is 6. The first-order chi connectivity index (χ1) is 9.19. The lowest BCUT2D eigenvalue weighted by molar-refractivity contribution is 0.125. The van der Waals surface area contributed by atoms with Crippen molar-refractivity contribution in [1.29, 1.82) is 0 Å². The second kappa shape index (κ2) is 7.58. The summed E-state index contributed by atoms with van der Waals surface area (Å²) in [6.07, 6.45) is 5.42. The van der Waals surface area contributed by atoms with Crippen molar-refractivity contribution in [3.8, 4) is 0 Å². The maximum absolute atomic E-state index is 5.63. The van der Waals surface area contributed by atoms with Crippen LogP contribution in [0.3, 0.4) is 0 Å². The van der Waals surface area contributed by atoms with E-state index in [-0.39, 0.29) is 0 Å². The first kappa shape index (κ1) is 15.2. The van der Waals surface area contributed by atoms with Crippen molar-refractivity contribution in [2.24, 2.45) is 11.7 Å². The third kappa shape index (κ3) is 4.71. The first-order valence-electron chi connectivity index (χ1n) is 8.00. The van der Waals surface area contributed by atoms with Gasteiger partial charge < -0.3 is 20.4 Å². The molecule has 0 aromatic carbocycles. The van der Waals surface area contributed by atoms with Gasteiger partial charge in [-0.05, 0) is 71.9 Å². The third-order valence-corrected chi connectivity index (χ3v) is 5.00. The molecule has 2 rings (SSSR count). The van der Waals surface area contributed by atoms with Crippen LogP contribution in [-0.2, 0) is 0 Å². The Morgan fingerprint density at radius 2 is 1.89 bits per heavy atom. The van der Waals surface area contributed by atoms with Crippen LogP contribution in [0.15, 0.2) is 0 Å². The van der Waals surface area contributed by atoms with Gasteiger partial charge >= 0.3 is 0 Å². The van der Waals surface area contributed by atoms with Gasteiger partial charge in [-0.15, -0.1) is 0 Å². The second-order valence-electron chi connectivity index (χ2n) is 6.55. The fourth-order valence-electron chi connectivity index (χ4n) is 3.60. The SMILES string of the molecule is CN1CCC(CCN(C)C2CCN(CCN)CC2)C1. The molecule has 0 aliphatic carbocycles. The fourth-order valence-corrected chi connectivity index (χ4v) is 3.60. The molecule has 0 aromatic heterocycles. The molecular weight excluding hydrogens is 236 g/mol. The van der Waals surface area contributed by atoms with Gasteiger partial charge in [0.15, 0.2) is 0 Å². The van der Waals surface area contributed by atoms with Crippen molar-refractivity contribution in [3.63, 3.8) is 0 Å². The van der Waals surface area contributed by atoms with E-state index in [1.807, 2.05) is 0 Å². The fraction of sp³-hybridized carbons (Fsp3) is 1.00. The van der Waals surface area contributed by atoms with Crippen LogP contribution in [0.2, 0.25) is 0 Å². The van der Waals surface area contributed by atoms with E-state index in [0.717, 1.165) is 25.0 Å². The van der Waals surface area contributed by atoms with Crippen LogP contribution in [0.1, 0.15) is 25.7 Å². The van der Waals surface area contributed by atoms with Gasteiger partial charge in [0.05, 0.1) is 0 Å². The molecule has 2 aliphatic rings. The molecule has 112 valence electrons. The Morgan fingerprint density at radius 1 is 1.16 bits per heavy atom. The summed E-state index contributed by atoms with van der Waals surface area (Å²) in [7, 11) is 4.57. The summed E-state index contributed by atoms with van der Waals surface area (Å²) in [6, 6.07) is 0.799. The molecule has 0 spiro atoms. The number of piperidine rings is 1. The van der Waals surface area contributed by atoms with Gasteiger partial charge in [-0.3, -0.25) is 0 Å². The van der Waals surface area contributed by atoms with Crippen molar-refractivity contribution in [1.82, 2.24) is 14.7 Å². The van der Waals surface area contributed by atoms with Gasteiger partial charge in [-0.25, -0.2) is 0 Å². The van der Waals surface area contributed by atoms with Crippen LogP contribution in [-0.4, -0.2) is 80.7 Å². The van der Waals surface area contributed by atoms with Gasteiger partial charge in [0, 0.05) is 25.7 Å². The highest BCUT2D eigenvalue weighted by Crippen LogP contribution is 2.20. The van der Waals surface area contributed by atoms with Gasteiger partial charge in [0.1, 0.15) is 0 Å². The number of nitrogens with two attached hydrogens (primary N) is 1. The lowest BCUT2D eigenvalue weighted by atomic mass is 10.0. The molecule has 2 aliphatic heterocycles. The van der Waals surface area contributed by atoms with E-state index >= 15 is 0 Å². The highest BCUT2D eigenvalue weighted by Gasteiger charge is 2.24. The molecule has 1 unspecified atom stereocenters. The Balaban J connectivity index is 1.62. The second-order valence-corrected chi connectivity index (χ2v) is 6.55. The maximum Gasteiger partial charge on any atom is 0.0117 e. The summed E-state index contributed by atoms with van der Waals surface area (Å²) in [5, 5.41) is 0. The minimum atomic E-state index is 0.799. The minimum Gasteiger partial charge on any atom is -0.329 e. The molecule has 4 nitrogen and oxygen atoms in total.